The Kier molecular flexibility index (Phi) is 8.90. The molecule has 1 aliphatic rings. The number of hydrogen-bond acceptors (Lipinski definition) is 5. The molecule has 37 heavy (non-hydrogen) atoms. The molecule has 0 aliphatic carbocycles. The number of nitrogens with one attached hydrogen (secondary N) is 1. The summed E-state index contributed by atoms with van der Waals surface area (Å²) in [6.07, 6.45) is 3.73. The van der Waals surface area contributed by atoms with E-state index in [9.17, 15) is 18.0 Å². The van der Waals surface area contributed by atoms with Crippen molar-refractivity contribution in [3.63, 3.8) is 0 Å². The van der Waals surface area contributed by atoms with Crippen LogP contribution in [0.4, 0.5) is 19.0 Å². The molecule has 0 saturated carbocycles. The van der Waals surface area contributed by atoms with Gasteiger partial charge in [0.15, 0.2) is 11.6 Å². The lowest BCUT2D eigenvalue weighted by Gasteiger charge is -2.32. The average molecular weight is 511 g/mol. The number of amides is 1. The zero-order valence-corrected chi connectivity index (χ0v) is 20.6. The van der Waals surface area contributed by atoms with Crippen molar-refractivity contribution < 1.29 is 22.8 Å². The molecule has 3 aromatic rings. The van der Waals surface area contributed by atoms with Gasteiger partial charge >= 0.3 is 0 Å². The van der Waals surface area contributed by atoms with Crippen molar-refractivity contribution in [3.8, 4) is 0 Å². The molecule has 0 spiro atoms. The van der Waals surface area contributed by atoms with Gasteiger partial charge < -0.3 is 10.2 Å². The second-order valence-corrected chi connectivity index (χ2v) is 8.99. The summed E-state index contributed by atoms with van der Waals surface area (Å²) in [5.74, 6) is -1.10. The lowest BCUT2D eigenvalue weighted by molar-refractivity contribution is -0.114. The van der Waals surface area contributed by atoms with Crippen LogP contribution in [0.1, 0.15) is 47.9 Å². The molecular weight excluding hydrogens is 481 g/mol. The molecule has 1 fully saturated rings. The zero-order valence-electron chi connectivity index (χ0n) is 20.6. The SMILES string of the molecule is CC(=O)Nc1cc(C2CCN(Cc3ccc(/C(=N/OCCF)c4ccc(F)c(F)c4)cc3)CC2)ccn1. The highest BCUT2D eigenvalue weighted by atomic mass is 19.2. The number of hydrogen-bond donors (Lipinski definition) is 1. The van der Waals surface area contributed by atoms with Crippen LogP contribution in [0.5, 0.6) is 0 Å². The summed E-state index contributed by atoms with van der Waals surface area (Å²) < 4.78 is 39.7. The number of nitrogens with zero attached hydrogens (tertiary/aromatic N) is 3. The third-order valence-electron chi connectivity index (χ3n) is 6.30. The minimum atomic E-state index is -0.992. The molecule has 4 rings (SSSR count). The molecule has 0 bridgehead atoms. The third kappa shape index (κ3) is 7.16. The largest absolute Gasteiger partial charge is 0.392 e. The third-order valence-corrected chi connectivity index (χ3v) is 6.30. The fourth-order valence-corrected chi connectivity index (χ4v) is 4.46. The van der Waals surface area contributed by atoms with Crippen LogP contribution in [-0.2, 0) is 16.2 Å². The molecule has 1 aliphatic heterocycles. The van der Waals surface area contributed by atoms with Gasteiger partial charge in [-0.1, -0.05) is 29.4 Å². The number of carbonyl (C=O) groups excluding carboxylic acids is 1. The molecule has 0 radical (unpaired) electrons. The Bertz CT molecular complexity index is 1240. The molecule has 0 atom stereocenters. The van der Waals surface area contributed by atoms with E-state index in [2.05, 4.69) is 20.4 Å². The first-order valence-corrected chi connectivity index (χ1v) is 12.2. The van der Waals surface area contributed by atoms with Gasteiger partial charge in [-0.25, -0.2) is 18.2 Å². The summed E-state index contributed by atoms with van der Waals surface area (Å²) in [4.78, 5) is 22.9. The molecule has 9 heteroatoms. The smallest absolute Gasteiger partial charge is 0.222 e. The maximum atomic E-state index is 13.8. The van der Waals surface area contributed by atoms with Crippen LogP contribution in [0, 0.1) is 11.6 Å². The lowest BCUT2D eigenvalue weighted by atomic mass is 9.89. The molecule has 1 N–H and O–H groups in total. The van der Waals surface area contributed by atoms with Gasteiger partial charge in [-0.2, -0.15) is 0 Å². The quantitative estimate of drug-likeness (QED) is 0.237. The van der Waals surface area contributed by atoms with Crippen LogP contribution < -0.4 is 5.32 Å². The average Bonchev–Trinajstić information content (AvgIpc) is 2.89. The minimum absolute atomic E-state index is 0.138. The summed E-state index contributed by atoms with van der Waals surface area (Å²) in [5, 5.41) is 6.72. The number of rotatable bonds is 9. The van der Waals surface area contributed by atoms with E-state index in [-0.39, 0.29) is 12.5 Å². The second-order valence-electron chi connectivity index (χ2n) is 8.99. The number of aromatic nitrogens is 1. The van der Waals surface area contributed by atoms with E-state index in [0.29, 0.717) is 28.6 Å². The predicted octanol–water partition coefficient (Wildman–Crippen LogP) is 5.44. The van der Waals surface area contributed by atoms with Crippen molar-refractivity contribution in [2.45, 2.75) is 32.2 Å². The topological polar surface area (TPSA) is 66.8 Å². The number of piperidine rings is 1. The number of halogens is 3. The summed E-state index contributed by atoms with van der Waals surface area (Å²) >= 11 is 0. The second kappa shape index (κ2) is 12.5. The summed E-state index contributed by atoms with van der Waals surface area (Å²) in [6, 6.07) is 15.1. The molecule has 0 unspecified atom stereocenters. The van der Waals surface area contributed by atoms with Crippen molar-refractivity contribution in [2.75, 3.05) is 31.7 Å². The van der Waals surface area contributed by atoms with Gasteiger partial charge in [0.05, 0.1) is 0 Å². The Morgan fingerprint density at radius 1 is 1.05 bits per heavy atom. The Labute approximate surface area is 214 Å². The Hall–Kier alpha value is -3.72. The van der Waals surface area contributed by atoms with E-state index >= 15 is 0 Å². The standard InChI is InChI=1S/C28H29F3N4O2/c1-19(36)33-27-17-23(8-12-32-27)21-9-13-35(14-10-21)18-20-2-4-22(5-3-20)28(34-37-15-11-29)24-6-7-25(30)26(31)16-24/h2-8,12,16-17,21H,9-11,13-15,18H2,1H3,(H,32,33,36)/b34-28-. The van der Waals surface area contributed by atoms with Crippen LogP contribution in [0.3, 0.4) is 0 Å². The Morgan fingerprint density at radius 2 is 1.78 bits per heavy atom. The molecule has 1 amide bonds. The fourth-order valence-electron chi connectivity index (χ4n) is 4.46. The number of anilines is 1. The number of likely N-dealkylation sites (tertiary alicyclic amines) is 1. The van der Waals surface area contributed by atoms with Gasteiger partial charge in [0.2, 0.25) is 5.91 Å². The van der Waals surface area contributed by atoms with Gasteiger partial charge in [0.1, 0.15) is 24.8 Å². The van der Waals surface area contributed by atoms with E-state index in [1.165, 1.54) is 18.6 Å². The highest BCUT2D eigenvalue weighted by Gasteiger charge is 2.21. The van der Waals surface area contributed by atoms with Gasteiger partial charge in [-0.3, -0.25) is 9.69 Å². The van der Waals surface area contributed by atoms with Crippen molar-refractivity contribution in [1.29, 1.82) is 0 Å². The first-order chi connectivity index (χ1) is 17.9. The molecule has 2 aromatic carbocycles. The van der Waals surface area contributed by atoms with Crippen molar-refractivity contribution in [3.05, 3.63) is 94.7 Å². The van der Waals surface area contributed by atoms with Crippen LogP contribution in [0.2, 0.25) is 0 Å². The lowest BCUT2D eigenvalue weighted by Crippen LogP contribution is -2.32. The minimum Gasteiger partial charge on any atom is -0.392 e. The molecule has 194 valence electrons. The highest BCUT2D eigenvalue weighted by Crippen LogP contribution is 2.29. The van der Waals surface area contributed by atoms with Crippen molar-refractivity contribution in [1.82, 2.24) is 9.88 Å². The van der Waals surface area contributed by atoms with E-state index in [1.54, 1.807) is 6.20 Å². The van der Waals surface area contributed by atoms with Gasteiger partial charge in [0, 0.05) is 30.8 Å². The molecule has 1 saturated heterocycles. The number of alkyl halides is 1. The number of pyridine rings is 1. The van der Waals surface area contributed by atoms with Crippen molar-refractivity contribution >= 4 is 17.4 Å². The summed E-state index contributed by atoms with van der Waals surface area (Å²) in [6.45, 7) is 3.18. The van der Waals surface area contributed by atoms with Gasteiger partial charge in [-0.15, -0.1) is 0 Å². The predicted molar refractivity (Wildman–Crippen MR) is 136 cm³/mol. The van der Waals surface area contributed by atoms with Crippen molar-refractivity contribution in [2.24, 2.45) is 5.16 Å². The molecule has 2 heterocycles. The first kappa shape index (κ1) is 26.3. The first-order valence-electron chi connectivity index (χ1n) is 12.2. The van der Waals surface area contributed by atoms with E-state index in [0.717, 1.165) is 50.2 Å². The summed E-state index contributed by atoms with van der Waals surface area (Å²) in [5.41, 5.74) is 3.58. The van der Waals surface area contributed by atoms with Crippen LogP contribution in [0.15, 0.2) is 65.9 Å². The molecule has 1 aromatic heterocycles. The fraction of sp³-hybridized carbons (Fsp3) is 0.321. The maximum absolute atomic E-state index is 13.8. The molecule has 6 nitrogen and oxygen atoms in total. The van der Waals surface area contributed by atoms with E-state index < -0.39 is 18.3 Å². The Morgan fingerprint density at radius 3 is 2.46 bits per heavy atom. The monoisotopic (exact) mass is 510 g/mol. The highest BCUT2D eigenvalue weighted by molar-refractivity contribution is 6.12. The van der Waals surface area contributed by atoms with Crippen LogP contribution in [-0.4, -0.2) is 47.9 Å². The van der Waals surface area contributed by atoms with Gasteiger partial charge in [0.25, 0.3) is 0 Å². The van der Waals surface area contributed by atoms with Gasteiger partial charge in [-0.05, 0) is 73.3 Å². The zero-order chi connectivity index (χ0) is 26.2. The summed E-state index contributed by atoms with van der Waals surface area (Å²) in [7, 11) is 0. The van der Waals surface area contributed by atoms with E-state index in [1.807, 2.05) is 36.4 Å². The van der Waals surface area contributed by atoms with Crippen LogP contribution in [0.25, 0.3) is 0 Å². The number of carbonyl (C=O) groups is 1. The normalized spacial score (nSPS) is 15.0. The van der Waals surface area contributed by atoms with E-state index in [4.69, 9.17) is 4.84 Å². The number of benzene rings is 2. The van der Waals surface area contributed by atoms with Crippen LogP contribution >= 0.6 is 0 Å². The molecular formula is C28H29F3N4O2. The maximum Gasteiger partial charge on any atom is 0.222 e. The Balaban J connectivity index is 1.39. The number of oxime groups is 1.